The molecule has 0 bridgehead atoms. The zero-order chi connectivity index (χ0) is 23.7. The topological polar surface area (TPSA) is 103 Å². The van der Waals surface area contributed by atoms with Gasteiger partial charge < -0.3 is 20.4 Å². The van der Waals surface area contributed by atoms with Crippen LogP contribution in [0.3, 0.4) is 0 Å². The number of hydrogen-bond donors (Lipinski definition) is 2. The number of hydrogen-bond acceptors (Lipinski definition) is 5. The smallest absolute Gasteiger partial charge is 0.340 e. The van der Waals surface area contributed by atoms with E-state index in [4.69, 9.17) is 10.5 Å². The number of benzene rings is 1. The van der Waals surface area contributed by atoms with Crippen molar-refractivity contribution in [3.8, 4) is 5.69 Å². The first-order valence-corrected chi connectivity index (χ1v) is 11.4. The van der Waals surface area contributed by atoms with Gasteiger partial charge in [-0.3, -0.25) is 9.59 Å². The van der Waals surface area contributed by atoms with Crippen molar-refractivity contribution in [2.45, 2.75) is 39.5 Å². The van der Waals surface area contributed by atoms with Crippen LogP contribution >= 0.6 is 11.3 Å². The first-order chi connectivity index (χ1) is 15.8. The molecule has 0 saturated heterocycles. The normalized spacial score (nSPS) is 12.8. The van der Waals surface area contributed by atoms with E-state index >= 15 is 0 Å². The van der Waals surface area contributed by atoms with Gasteiger partial charge in [0, 0.05) is 22.0 Å². The van der Waals surface area contributed by atoms with Crippen LogP contribution in [0.25, 0.3) is 5.69 Å². The lowest BCUT2D eigenvalue weighted by atomic mass is 9.95. The average Bonchev–Trinajstić information content (AvgIpc) is 3.29. The molecule has 0 fully saturated rings. The fourth-order valence-electron chi connectivity index (χ4n) is 4.24. The summed E-state index contributed by atoms with van der Waals surface area (Å²) in [5, 5.41) is 3.09. The highest BCUT2D eigenvalue weighted by Crippen LogP contribution is 2.37. The van der Waals surface area contributed by atoms with Crippen molar-refractivity contribution in [2.75, 3.05) is 11.9 Å². The minimum absolute atomic E-state index is 0.314. The van der Waals surface area contributed by atoms with Gasteiger partial charge in [0.05, 0.1) is 11.1 Å². The summed E-state index contributed by atoms with van der Waals surface area (Å²) in [6, 6.07) is 7.60. The standard InChI is InChI=1S/C24H24FN3O4S/c1-13-11-18(14(2)28(13)16-9-7-15(25)8-10-16)24(31)32-12-20(29)27-23-21(22(26)30)17-5-3-4-6-19(17)33-23/h7-11H,3-6,12H2,1-2H3,(H2,26,30)(H,27,29). The second kappa shape index (κ2) is 9.19. The summed E-state index contributed by atoms with van der Waals surface area (Å²) < 4.78 is 20.3. The van der Waals surface area contributed by atoms with E-state index in [9.17, 15) is 18.8 Å². The highest BCUT2D eigenvalue weighted by atomic mass is 32.1. The number of thiophene rings is 1. The lowest BCUT2D eigenvalue weighted by molar-refractivity contribution is -0.119. The fraction of sp³-hybridized carbons (Fsp3) is 0.292. The summed E-state index contributed by atoms with van der Waals surface area (Å²) in [7, 11) is 0. The van der Waals surface area contributed by atoms with Crippen molar-refractivity contribution >= 4 is 34.1 Å². The van der Waals surface area contributed by atoms with Crippen LogP contribution in [0.5, 0.6) is 0 Å². The van der Waals surface area contributed by atoms with Gasteiger partial charge in [-0.2, -0.15) is 0 Å². The maximum absolute atomic E-state index is 13.3. The zero-order valence-electron chi connectivity index (χ0n) is 18.4. The van der Waals surface area contributed by atoms with Crippen LogP contribution in [0.2, 0.25) is 0 Å². The van der Waals surface area contributed by atoms with E-state index in [0.29, 0.717) is 27.5 Å². The van der Waals surface area contributed by atoms with Crippen LogP contribution in [-0.4, -0.2) is 29.0 Å². The summed E-state index contributed by atoms with van der Waals surface area (Å²) >= 11 is 1.35. The Morgan fingerprint density at radius 3 is 2.55 bits per heavy atom. The van der Waals surface area contributed by atoms with E-state index in [1.807, 2.05) is 11.5 Å². The molecule has 0 saturated carbocycles. The van der Waals surface area contributed by atoms with Crippen molar-refractivity contribution in [1.82, 2.24) is 4.57 Å². The number of rotatable bonds is 6. The van der Waals surface area contributed by atoms with E-state index < -0.39 is 24.4 Å². The van der Waals surface area contributed by atoms with Crippen LogP contribution in [-0.2, 0) is 22.4 Å². The lowest BCUT2D eigenvalue weighted by Crippen LogP contribution is -2.23. The van der Waals surface area contributed by atoms with E-state index in [0.717, 1.165) is 41.8 Å². The van der Waals surface area contributed by atoms with E-state index in [1.54, 1.807) is 25.1 Å². The van der Waals surface area contributed by atoms with Crippen molar-refractivity contribution in [3.63, 3.8) is 0 Å². The van der Waals surface area contributed by atoms with Crippen LogP contribution < -0.4 is 11.1 Å². The Kier molecular flexibility index (Phi) is 6.33. The largest absolute Gasteiger partial charge is 0.452 e. The third-order valence-corrected chi connectivity index (χ3v) is 6.95. The highest BCUT2D eigenvalue weighted by molar-refractivity contribution is 7.17. The first kappa shape index (κ1) is 22.7. The second-order valence-corrected chi connectivity index (χ2v) is 9.11. The number of nitrogens with two attached hydrogens (primary N) is 1. The Balaban J connectivity index is 1.45. The highest BCUT2D eigenvalue weighted by Gasteiger charge is 2.25. The quantitative estimate of drug-likeness (QED) is 0.531. The second-order valence-electron chi connectivity index (χ2n) is 8.00. The predicted molar refractivity (Wildman–Crippen MR) is 124 cm³/mol. The molecule has 1 aliphatic rings. The van der Waals surface area contributed by atoms with E-state index in [1.165, 1.54) is 23.5 Å². The molecule has 0 atom stereocenters. The Morgan fingerprint density at radius 2 is 1.85 bits per heavy atom. The molecule has 2 aromatic heterocycles. The monoisotopic (exact) mass is 469 g/mol. The molecule has 7 nitrogen and oxygen atoms in total. The molecule has 0 radical (unpaired) electrons. The molecular weight excluding hydrogens is 445 g/mol. The number of primary amides is 1. The predicted octanol–water partition coefficient (Wildman–Crippen LogP) is 4.07. The van der Waals surface area contributed by atoms with Crippen LogP contribution in [0.15, 0.2) is 30.3 Å². The summed E-state index contributed by atoms with van der Waals surface area (Å²) in [5.41, 5.74) is 9.24. The molecule has 2 heterocycles. The Bertz CT molecular complexity index is 1240. The minimum atomic E-state index is -0.646. The molecule has 0 unspecified atom stereocenters. The Morgan fingerprint density at radius 1 is 1.15 bits per heavy atom. The summed E-state index contributed by atoms with van der Waals surface area (Å²) in [4.78, 5) is 38.2. The van der Waals surface area contributed by atoms with E-state index in [2.05, 4.69) is 5.32 Å². The number of nitrogens with zero attached hydrogens (tertiary/aromatic N) is 1. The number of fused-ring (bicyclic) bond motifs is 1. The SMILES string of the molecule is Cc1cc(C(=O)OCC(=O)Nc2sc3c(c2C(N)=O)CCCC3)c(C)n1-c1ccc(F)cc1. The van der Waals surface area contributed by atoms with Gasteiger partial charge in [-0.1, -0.05) is 0 Å². The van der Waals surface area contributed by atoms with Crippen LogP contribution in [0.4, 0.5) is 9.39 Å². The molecule has 9 heteroatoms. The van der Waals surface area contributed by atoms with Gasteiger partial charge >= 0.3 is 5.97 Å². The van der Waals surface area contributed by atoms with Gasteiger partial charge in [0.2, 0.25) is 0 Å². The minimum Gasteiger partial charge on any atom is -0.452 e. The third-order valence-electron chi connectivity index (χ3n) is 5.74. The van der Waals surface area contributed by atoms with Crippen molar-refractivity contribution in [1.29, 1.82) is 0 Å². The number of esters is 1. The summed E-state index contributed by atoms with van der Waals surface area (Å²) in [6.07, 6.45) is 3.63. The number of ether oxygens (including phenoxy) is 1. The number of nitrogens with one attached hydrogen (secondary N) is 1. The number of carbonyl (C=O) groups excluding carboxylic acids is 3. The lowest BCUT2D eigenvalue weighted by Gasteiger charge is -2.11. The number of aromatic nitrogens is 1. The van der Waals surface area contributed by atoms with Gasteiger partial charge in [-0.25, -0.2) is 9.18 Å². The van der Waals surface area contributed by atoms with Crippen LogP contribution in [0, 0.1) is 19.7 Å². The van der Waals surface area contributed by atoms with Gasteiger partial charge in [0.1, 0.15) is 10.8 Å². The molecule has 172 valence electrons. The van der Waals surface area contributed by atoms with E-state index in [-0.39, 0.29) is 5.82 Å². The molecule has 33 heavy (non-hydrogen) atoms. The number of carbonyl (C=O) groups is 3. The molecule has 3 N–H and O–H groups in total. The molecule has 4 rings (SSSR count). The van der Waals surface area contributed by atoms with Gasteiger partial charge in [0.25, 0.3) is 11.8 Å². The fourth-order valence-corrected chi connectivity index (χ4v) is 5.55. The zero-order valence-corrected chi connectivity index (χ0v) is 19.2. The molecular formula is C24H24FN3O4S. The molecule has 0 spiro atoms. The number of aryl methyl sites for hydroxylation is 2. The maximum atomic E-state index is 13.3. The molecule has 0 aliphatic heterocycles. The number of anilines is 1. The van der Waals surface area contributed by atoms with Crippen molar-refractivity contribution < 1.29 is 23.5 Å². The maximum Gasteiger partial charge on any atom is 0.340 e. The Hall–Kier alpha value is -3.46. The van der Waals surface area contributed by atoms with Crippen molar-refractivity contribution in [2.24, 2.45) is 5.73 Å². The van der Waals surface area contributed by atoms with Crippen LogP contribution in [0.1, 0.15) is 55.4 Å². The number of amides is 2. The molecule has 1 aliphatic carbocycles. The van der Waals surface area contributed by atoms with Gasteiger partial charge in [-0.05, 0) is 75.4 Å². The molecule has 2 amide bonds. The summed E-state index contributed by atoms with van der Waals surface area (Å²) in [6.45, 7) is 3.08. The molecule has 1 aromatic carbocycles. The van der Waals surface area contributed by atoms with Gasteiger partial charge in [0.15, 0.2) is 6.61 Å². The van der Waals surface area contributed by atoms with Gasteiger partial charge in [-0.15, -0.1) is 11.3 Å². The Labute approximate surface area is 194 Å². The third kappa shape index (κ3) is 4.54. The average molecular weight is 470 g/mol. The van der Waals surface area contributed by atoms with Crippen molar-refractivity contribution in [3.05, 3.63) is 69.1 Å². The summed E-state index contributed by atoms with van der Waals surface area (Å²) in [5.74, 6) is -2.11. The first-order valence-electron chi connectivity index (χ1n) is 10.6. The number of halogens is 1. The molecule has 3 aromatic rings.